The number of nitrogens with zero attached hydrogens (tertiary/aromatic N) is 3. The molecular formula is C18H21N5O. The molecule has 3 rings (SSSR count). The fourth-order valence-electron chi connectivity index (χ4n) is 3.04. The lowest BCUT2D eigenvalue weighted by Crippen LogP contribution is -2.36. The van der Waals surface area contributed by atoms with Gasteiger partial charge in [0.2, 0.25) is 5.91 Å². The third-order valence-electron chi connectivity index (χ3n) is 4.32. The lowest BCUT2D eigenvalue weighted by molar-refractivity contribution is -0.132. The Hall–Kier alpha value is -2.73. The van der Waals surface area contributed by atoms with Crippen molar-refractivity contribution in [3.05, 3.63) is 59.2 Å². The Morgan fingerprint density at radius 1 is 1.33 bits per heavy atom. The van der Waals surface area contributed by atoms with E-state index in [9.17, 15) is 4.79 Å². The van der Waals surface area contributed by atoms with E-state index in [0.29, 0.717) is 6.54 Å². The highest BCUT2D eigenvalue weighted by Crippen LogP contribution is 2.22. The van der Waals surface area contributed by atoms with Crippen LogP contribution in [0.5, 0.6) is 0 Å². The number of carbonyl (C=O) groups excluding carboxylic acids is 1. The number of benzene rings is 1. The van der Waals surface area contributed by atoms with Crippen LogP contribution in [0.1, 0.15) is 28.6 Å². The van der Waals surface area contributed by atoms with Crippen molar-refractivity contribution in [2.75, 3.05) is 7.05 Å². The molecule has 0 fully saturated rings. The van der Waals surface area contributed by atoms with E-state index < -0.39 is 6.04 Å². The van der Waals surface area contributed by atoms with Crippen LogP contribution in [-0.2, 0) is 11.3 Å². The first-order valence-corrected chi connectivity index (χ1v) is 7.82. The molecule has 2 aromatic heterocycles. The Balaban J connectivity index is 1.84. The van der Waals surface area contributed by atoms with Gasteiger partial charge in [-0.1, -0.05) is 18.2 Å². The third kappa shape index (κ3) is 2.88. The van der Waals surface area contributed by atoms with Crippen LogP contribution < -0.4 is 5.73 Å². The summed E-state index contributed by atoms with van der Waals surface area (Å²) in [5.74, 6) is -0.131. The summed E-state index contributed by atoms with van der Waals surface area (Å²) in [7, 11) is 1.77. The van der Waals surface area contributed by atoms with E-state index in [4.69, 9.17) is 5.73 Å². The summed E-state index contributed by atoms with van der Waals surface area (Å²) in [5.41, 5.74) is 9.62. The minimum atomic E-state index is -0.717. The fraction of sp³-hybridized carbons (Fsp3) is 0.278. The lowest BCUT2D eigenvalue weighted by atomic mass is 10.0. The highest BCUT2D eigenvalue weighted by molar-refractivity contribution is 5.86. The number of rotatable bonds is 4. The van der Waals surface area contributed by atoms with Crippen molar-refractivity contribution < 1.29 is 4.79 Å². The number of nitrogens with two attached hydrogens (primary N) is 1. The number of pyridine rings is 1. The standard InChI is InChI=1S/C18H21N5O/c1-11-16(12(2)22-21-11)17(19)18(24)23(3)10-14-6-4-5-13-9-20-8-7-15(13)14/h4-9,17H,10,19H2,1-3H3,(H,21,22)/t17-/m0/s1. The number of nitrogens with one attached hydrogen (secondary N) is 1. The quantitative estimate of drug-likeness (QED) is 0.770. The van der Waals surface area contributed by atoms with Crippen molar-refractivity contribution in [3.63, 3.8) is 0 Å². The second-order valence-corrected chi connectivity index (χ2v) is 6.03. The molecule has 1 aromatic carbocycles. The van der Waals surface area contributed by atoms with E-state index >= 15 is 0 Å². The number of aromatic nitrogens is 3. The predicted molar refractivity (Wildman–Crippen MR) is 93.2 cm³/mol. The molecule has 1 atom stereocenters. The van der Waals surface area contributed by atoms with Crippen LogP contribution >= 0.6 is 0 Å². The number of hydrogen-bond acceptors (Lipinski definition) is 4. The fourth-order valence-corrected chi connectivity index (χ4v) is 3.04. The minimum Gasteiger partial charge on any atom is -0.340 e. The van der Waals surface area contributed by atoms with Crippen LogP contribution in [0.4, 0.5) is 0 Å². The molecule has 0 saturated heterocycles. The number of H-pyrrole nitrogens is 1. The summed E-state index contributed by atoms with van der Waals surface area (Å²) < 4.78 is 0. The van der Waals surface area contributed by atoms with Gasteiger partial charge in [-0.15, -0.1) is 0 Å². The summed E-state index contributed by atoms with van der Waals surface area (Å²) in [6.07, 6.45) is 3.59. The minimum absolute atomic E-state index is 0.131. The first-order chi connectivity index (χ1) is 11.5. The van der Waals surface area contributed by atoms with Crippen molar-refractivity contribution in [2.45, 2.75) is 26.4 Å². The number of likely N-dealkylation sites (N-methyl/N-ethyl adjacent to an activating group) is 1. The molecule has 0 aliphatic rings. The van der Waals surface area contributed by atoms with E-state index in [1.165, 1.54) is 0 Å². The molecule has 0 spiro atoms. The molecule has 0 saturated carbocycles. The highest BCUT2D eigenvalue weighted by atomic mass is 16.2. The summed E-state index contributed by atoms with van der Waals surface area (Å²) >= 11 is 0. The van der Waals surface area contributed by atoms with E-state index in [1.807, 2.05) is 44.3 Å². The zero-order valence-corrected chi connectivity index (χ0v) is 14.1. The van der Waals surface area contributed by atoms with Gasteiger partial charge in [-0.25, -0.2) is 0 Å². The van der Waals surface area contributed by atoms with Crippen LogP contribution in [0, 0.1) is 13.8 Å². The molecule has 6 nitrogen and oxygen atoms in total. The van der Waals surface area contributed by atoms with Gasteiger partial charge in [0.25, 0.3) is 0 Å². The first kappa shape index (κ1) is 16.1. The summed E-state index contributed by atoms with van der Waals surface area (Å²) in [4.78, 5) is 18.5. The van der Waals surface area contributed by atoms with E-state index in [1.54, 1.807) is 18.1 Å². The monoisotopic (exact) mass is 323 g/mol. The number of fused-ring (bicyclic) bond motifs is 1. The predicted octanol–water partition coefficient (Wildman–Crippen LogP) is 2.23. The van der Waals surface area contributed by atoms with Crippen LogP contribution in [-0.4, -0.2) is 33.0 Å². The van der Waals surface area contributed by atoms with Crippen molar-refractivity contribution >= 4 is 16.7 Å². The number of aromatic amines is 1. The molecule has 24 heavy (non-hydrogen) atoms. The number of hydrogen-bond donors (Lipinski definition) is 2. The average molecular weight is 323 g/mol. The van der Waals surface area contributed by atoms with Gasteiger partial charge in [-0.05, 0) is 30.9 Å². The topological polar surface area (TPSA) is 87.9 Å². The van der Waals surface area contributed by atoms with Gasteiger partial charge < -0.3 is 10.6 Å². The second kappa shape index (κ2) is 6.41. The van der Waals surface area contributed by atoms with Gasteiger partial charge in [0.15, 0.2) is 0 Å². The first-order valence-electron chi connectivity index (χ1n) is 7.82. The Bertz CT molecular complexity index is 861. The van der Waals surface area contributed by atoms with Crippen molar-refractivity contribution in [3.8, 4) is 0 Å². The van der Waals surface area contributed by atoms with Crippen LogP contribution in [0.2, 0.25) is 0 Å². The Morgan fingerprint density at radius 2 is 2.12 bits per heavy atom. The maximum atomic E-state index is 12.7. The molecule has 6 heteroatoms. The zero-order valence-electron chi connectivity index (χ0n) is 14.1. The molecule has 1 amide bonds. The van der Waals surface area contributed by atoms with Gasteiger partial charge >= 0.3 is 0 Å². The molecule has 2 heterocycles. The lowest BCUT2D eigenvalue weighted by Gasteiger charge is -2.22. The summed E-state index contributed by atoms with van der Waals surface area (Å²) in [6, 6.07) is 7.25. The SMILES string of the molecule is Cc1n[nH]c(C)c1[C@H](N)C(=O)N(C)Cc1cccc2cnccc12. The number of amides is 1. The van der Waals surface area contributed by atoms with Crippen molar-refractivity contribution in [1.29, 1.82) is 0 Å². The van der Waals surface area contributed by atoms with Crippen molar-refractivity contribution in [2.24, 2.45) is 5.73 Å². The molecule has 3 aromatic rings. The summed E-state index contributed by atoms with van der Waals surface area (Å²) in [6.45, 7) is 4.22. The van der Waals surface area contributed by atoms with Crippen LogP contribution in [0.15, 0.2) is 36.7 Å². The Kier molecular flexibility index (Phi) is 4.31. The normalized spacial score (nSPS) is 12.3. The Morgan fingerprint density at radius 3 is 2.83 bits per heavy atom. The molecule has 124 valence electrons. The molecular weight excluding hydrogens is 302 g/mol. The van der Waals surface area contributed by atoms with Crippen molar-refractivity contribution in [1.82, 2.24) is 20.1 Å². The molecule has 0 aliphatic heterocycles. The van der Waals surface area contributed by atoms with Gasteiger partial charge in [0.05, 0.1) is 5.69 Å². The number of aryl methyl sites for hydroxylation is 2. The smallest absolute Gasteiger partial charge is 0.244 e. The highest BCUT2D eigenvalue weighted by Gasteiger charge is 2.25. The largest absolute Gasteiger partial charge is 0.340 e. The van der Waals surface area contributed by atoms with E-state index in [0.717, 1.165) is 33.3 Å². The van der Waals surface area contributed by atoms with Gasteiger partial charge in [-0.3, -0.25) is 14.9 Å². The molecule has 0 bridgehead atoms. The maximum absolute atomic E-state index is 12.7. The van der Waals surface area contributed by atoms with Crippen LogP contribution in [0.3, 0.4) is 0 Å². The van der Waals surface area contributed by atoms with Gasteiger partial charge in [-0.2, -0.15) is 5.10 Å². The van der Waals surface area contributed by atoms with E-state index in [-0.39, 0.29) is 5.91 Å². The molecule has 0 aliphatic carbocycles. The Labute approximate surface area is 140 Å². The van der Waals surface area contributed by atoms with Gasteiger partial charge in [0, 0.05) is 42.6 Å². The molecule has 3 N–H and O–H groups in total. The van der Waals surface area contributed by atoms with Crippen LogP contribution in [0.25, 0.3) is 10.8 Å². The molecule has 0 unspecified atom stereocenters. The number of carbonyl (C=O) groups is 1. The zero-order chi connectivity index (χ0) is 17.3. The van der Waals surface area contributed by atoms with E-state index in [2.05, 4.69) is 15.2 Å². The maximum Gasteiger partial charge on any atom is 0.244 e. The molecule has 0 radical (unpaired) electrons. The second-order valence-electron chi connectivity index (χ2n) is 6.03. The summed E-state index contributed by atoms with van der Waals surface area (Å²) in [5, 5.41) is 9.15. The average Bonchev–Trinajstić information content (AvgIpc) is 2.92. The van der Waals surface area contributed by atoms with Gasteiger partial charge in [0.1, 0.15) is 6.04 Å². The third-order valence-corrected chi connectivity index (χ3v) is 4.32.